The lowest BCUT2D eigenvalue weighted by Crippen LogP contribution is -1.91. The van der Waals surface area contributed by atoms with Crippen molar-refractivity contribution in [3.8, 4) is 0 Å². The fourth-order valence-electron chi connectivity index (χ4n) is 1.54. The Balaban J connectivity index is 2.64. The maximum Gasteiger partial charge on any atom is 0.127 e. The quantitative estimate of drug-likeness (QED) is 0.695. The molecule has 66 valence electrons. The highest BCUT2D eigenvalue weighted by Gasteiger charge is 2.08. The SMILES string of the molecule is CC(C=O)c1c[nH]c2ccccc12. The zero-order valence-electron chi connectivity index (χ0n) is 7.45. The molecule has 0 fully saturated rings. The fourth-order valence-corrected chi connectivity index (χ4v) is 1.54. The third kappa shape index (κ3) is 1.24. The summed E-state index contributed by atoms with van der Waals surface area (Å²) in [6.07, 6.45) is 2.87. The predicted molar refractivity (Wildman–Crippen MR) is 52.8 cm³/mol. The van der Waals surface area contributed by atoms with Gasteiger partial charge in [0.05, 0.1) is 0 Å². The first kappa shape index (κ1) is 8.05. The van der Waals surface area contributed by atoms with Crippen molar-refractivity contribution in [1.29, 1.82) is 0 Å². The van der Waals surface area contributed by atoms with Crippen molar-refractivity contribution in [2.75, 3.05) is 0 Å². The molecule has 1 aromatic heterocycles. The number of rotatable bonds is 2. The highest BCUT2D eigenvalue weighted by molar-refractivity contribution is 5.86. The maximum absolute atomic E-state index is 10.6. The molecular formula is C11H11NO. The topological polar surface area (TPSA) is 32.9 Å². The van der Waals surface area contributed by atoms with Crippen LogP contribution >= 0.6 is 0 Å². The Morgan fingerprint density at radius 2 is 2.15 bits per heavy atom. The molecule has 0 aliphatic carbocycles. The second kappa shape index (κ2) is 3.05. The average molecular weight is 173 g/mol. The number of fused-ring (bicyclic) bond motifs is 1. The van der Waals surface area contributed by atoms with E-state index < -0.39 is 0 Å². The van der Waals surface area contributed by atoms with E-state index in [-0.39, 0.29) is 5.92 Å². The molecule has 0 saturated heterocycles. The number of hydrogen-bond acceptors (Lipinski definition) is 1. The van der Waals surface area contributed by atoms with Gasteiger partial charge in [-0.25, -0.2) is 0 Å². The third-order valence-electron chi connectivity index (χ3n) is 2.32. The van der Waals surface area contributed by atoms with Crippen LogP contribution in [0, 0.1) is 0 Å². The molecule has 0 amide bonds. The van der Waals surface area contributed by atoms with Crippen molar-refractivity contribution in [3.05, 3.63) is 36.0 Å². The van der Waals surface area contributed by atoms with Gasteiger partial charge in [0.15, 0.2) is 0 Å². The van der Waals surface area contributed by atoms with Crippen LogP contribution < -0.4 is 0 Å². The van der Waals surface area contributed by atoms with Crippen LogP contribution in [0.5, 0.6) is 0 Å². The van der Waals surface area contributed by atoms with E-state index in [4.69, 9.17) is 0 Å². The van der Waals surface area contributed by atoms with Gasteiger partial charge >= 0.3 is 0 Å². The molecule has 2 rings (SSSR count). The van der Waals surface area contributed by atoms with Gasteiger partial charge in [0, 0.05) is 23.0 Å². The molecule has 1 aromatic carbocycles. The van der Waals surface area contributed by atoms with E-state index in [1.54, 1.807) is 0 Å². The second-order valence-corrected chi connectivity index (χ2v) is 3.21. The number of hydrogen-bond donors (Lipinski definition) is 1. The first-order valence-electron chi connectivity index (χ1n) is 4.34. The summed E-state index contributed by atoms with van der Waals surface area (Å²) in [6.45, 7) is 1.91. The molecule has 2 nitrogen and oxygen atoms in total. The third-order valence-corrected chi connectivity index (χ3v) is 2.32. The monoisotopic (exact) mass is 173 g/mol. The van der Waals surface area contributed by atoms with Crippen LogP contribution in [-0.2, 0) is 4.79 Å². The molecule has 2 aromatic rings. The van der Waals surface area contributed by atoms with E-state index >= 15 is 0 Å². The molecule has 0 aliphatic heterocycles. The minimum Gasteiger partial charge on any atom is -0.361 e. The number of aromatic nitrogens is 1. The molecule has 1 unspecified atom stereocenters. The number of benzene rings is 1. The molecule has 0 saturated carbocycles. The normalized spacial score (nSPS) is 13.0. The Morgan fingerprint density at radius 3 is 2.92 bits per heavy atom. The van der Waals surface area contributed by atoms with Crippen LogP contribution in [-0.4, -0.2) is 11.3 Å². The highest BCUT2D eigenvalue weighted by Crippen LogP contribution is 2.23. The summed E-state index contributed by atoms with van der Waals surface area (Å²) >= 11 is 0. The van der Waals surface area contributed by atoms with Crippen molar-refractivity contribution >= 4 is 17.2 Å². The Labute approximate surface area is 76.6 Å². The van der Waals surface area contributed by atoms with Gasteiger partial charge in [-0.05, 0) is 11.6 Å². The molecule has 0 spiro atoms. The lowest BCUT2D eigenvalue weighted by Gasteiger charge is -1.99. The number of para-hydroxylation sites is 1. The minimum atomic E-state index is -0.0313. The van der Waals surface area contributed by atoms with Crippen LogP contribution in [0.4, 0.5) is 0 Å². The van der Waals surface area contributed by atoms with Gasteiger partial charge in [0.1, 0.15) is 6.29 Å². The second-order valence-electron chi connectivity index (χ2n) is 3.21. The first-order valence-corrected chi connectivity index (χ1v) is 4.34. The summed E-state index contributed by atoms with van der Waals surface area (Å²) in [6, 6.07) is 8.00. The van der Waals surface area contributed by atoms with E-state index in [0.29, 0.717) is 0 Å². The van der Waals surface area contributed by atoms with Gasteiger partial charge in [0.25, 0.3) is 0 Å². The lowest BCUT2D eigenvalue weighted by atomic mass is 10.0. The Morgan fingerprint density at radius 1 is 1.38 bits per heavy atom. The molecule has 13 heavy (non-hydrogen) atoms. The number of H-pyrrole nitrogens is 1. The maximum atomic E-state index is 10.6. The van der Waals surface area contributed by atoms with Crippen molar-refractivity contribution in [2.24, 2.45) is 0 Å². The molecule has 0 radical (unpaired) electrons. The van der Waals surface area contributed by atoms with Gasteiger partial charge in [-0.1, -0.05) is 25.1 Å². The summed E-state index contributed by atoms with van der Waals surface area (Å²) < 4.78 is 0. The number of nitrogens with one attached hydrogen (secondary N) is 1. The molecule has 2 heteroatoms. The summed E-state index contributed by atoms with van der Waals surface area (Å²) in [5.74, 6) is -0.0313. The van der Waals surface area contributed by atoms with Crippen LogP contribution in [0.15, 0.2) is 30.5 Å². The number of aromatic amines is 1. The number of carbonyl (C=O) groups is 1. The van der Waals surface area contributed by atoms with Crippen molar-refractivity contribution < 1.29 is 4.79 Å². The fraction of sp³-hybridized carbons (Fsp3) is 0.182. The largest absolute Gasteiger partial charge is 0.361 e. The molecule has 0 aliphatic rings. The zero-order valence-corrected chi connectivity index (χ0v) is 7.45. The highest BCUT2D eigenvalue weighted by atomic mass is 16.1. The summed E-state index contributed by atoms with van der Waals surface area (Å²) in [7, 11) is 0. The van der Waals surface area contributed by atoms with Crippen LogP contribution in [0.2, 0.25) is 0 Å². The van der Waals surface area contributed by atoms with Crippen molar-refractivity contribution in [2.45, 2.75) is 12.8 Å². The summed E-state index contributed by atoms with van der Waals surface area (Å²) in [5.41, 5.74) is 2.16. The van der Waals surface area contributed by atoms with Gasteiger partial charge in [0.2, 0.25) is 0 Å². The Kier molecular flexibility index (Phi) is 1.89. The van der Waals surface area contributed by atoms with Crippen LogP contribution in [0.25, 0.3) is 10.9 Å². The van der Waals surface area contributed by atoms with Crippen LogP contribution in [0.1, 0.15) is 18.4 Å². The first-order chi connectivity index (χ1) is 6.33. The smallest absolute Gasteiger partial charge is 0.127 e. The van der Waals surface area contributed by atoms with E-state index in [2.05, 4.69) is 4.98 Å². The average Bonchev–Trinajstić information content (AvgIpc) is 2.60. The van der Waals surface area contributed by atoms with E-state index in [9.17, 15) is 4.79 Å². The van der Waals surface area contributed by atoms with Gasteiger partial charge in [-0.2, -0.15) is 0 Å². The van der Waals surface area contributed by atoms with Crippen molar-refractivity contribution in [1.82, 2.24) is 4.98 Å². The number of carbonyl (C=O) groups excluding carboxylic acids is 1. The van der Waals surface area contributed by atoms with Crippen LogP contribution in [0.3, 0.4) is 0 Å². The minimum absolute atomic E-state index is 0.0313. The summed E-state index contributed by atoms with van der Waals surface area (Å²) in [4.78, 5) is 13.8. The summed E-state index contributed by atoms with van der Waals surface area (Å²) in [5, 5.41) is 1.14. The van der Waals surface area contributed by atoms with Gasteiger partial charge in [-0.3, -0.25) is 0 Å². The van der Waals surface area contributed by atoms with E-state index in [1.165, 1.54) is 0 Å². The zero-order chi connectivity index (χ0) is 9.26. The molecule has 1 atom stereocenters. The van der Waals surface area contributed by atoms with E-state index in [1.807, 2.05) is 37.4 Å². The van der Waals surface area contributed by atoms with Gasteiger partial charge < -0.3 is 9.78 Å². The van der Waals surface area contributed by atoms with Crippen molar-refractivity contribution in [3.63, 3.8) is 0 Å². The Bertz CT molecular complexity index is 430. The van der Waals surface area contributed by atoms with E-state index in [0.717, 1.165) is 22.8 Å². The predicted octanol–water partition coefficient (Wildman–Crippen LogP) is 2.47. The molecular weight excluding hydrogens is 162 g/mol. The number of aldehydes is 1. The Hall–Kier alpha value is -1.57. The standard InChI is InChI=1S/C11H11NO/c1-8(7-13)10-6-12-11-5-3-2-4-9(10)11/h2-8,12H,1H3. The molecule has 1 heterocycles. The molecule has 1 N–H and O–H groups in total. The lowest BCUT2D eigenvalue weighted by molar-refractivity contribution is -0.108. The van der Waals surface area contributed by atoms with Gasteiger partial charge in [-0.15, -0.1) is 0 Å². The molecule has 0 bridgehead atoms.